The molecule has 0 saturated carbocycles. The molecule has 5 heteroatoms. The molecule has 0 aliphatic heterocycles. The van der Waals surface area contributed by atoms with Gasteiger partial charge >= 0.3 is 6.18 Å². The second-order valence-electron chi connectivity index (χ2n) is 4.77. The van der Waals surface area contributed by atoms with Crippen molar-refractivity contribution in [2.24, 2.45) is 0 Å². The van der Waals surface area contributed by atoms with Gasteiger partial charge in [0.1, 0.15) is 0 Å². The summed E-state index contributed by atoms with van der Waals surface area (Å²) in [4.78, 5) is 1.18. The third-order valence-corrected chi connectivity index (χ3v) is 4.43. The molecule has 1 unspecified atom stereocenters. The van der Waals surface area contributed by atoms with Crippen LogP contribution >= 0.6 is 11.3 Å². The summed E-state index contributed by atoms with van der Waals surface area (Å²) >= 11 is 1.64. The van der Waals surface area contributed by atoms with Crippen molar-refractivity contribution < 1.29 is 13.2 Å². The fourth-order valence-electron chi connectivity index (χ4n) is 2.32. The first-order valence-electron chi connectivity index (χ1n) is 6.94. The van der Waals surface area contributed by atoms with Gasteiger partial charge in [-0.1, -0.05) is 26.0 Å². The third kappa shape index (κ3) is 3.66. The molecule has 1 atom stereocenters. The number of thiophene rings is 1. The molecule has 0 spiro atoms. The molecule has 1 N–H and O–H groups in total. The van der Waals surface area contributed by atoms with Gasteiger partial charge < -0.3 is 5.32 Å². The van der Waals surface area contributed by atoms with E-state index in [9.17, 15) is 13.2 Å². The number of halogens is 3. The quantitative estimate of drug-likeness (QED) is 0.816. The predicted octanol–water partition coefficient (Wildman–Crippen LogP) is 5.03. The van der Waals surface area contributed by atoms with Crippen molar-refractivity contribution in [1.82, 2.24) is 5.32 Å². The van der Waals surface area contributed by atoms with Crippen molar-refractivity contribution in [3.8, 4) is 0 Å². The van der Waals surface area contributed by atoms with Gasteiger partial charge in [0, 0.05) is 4.88 Å². The number of hydrogen-bond donors (Lipinski definition) is 1. The molecule has 0 fully saturated rings. The first-order chi connectivity index (χ1) is 9.97. The van der Waals surface area contributed by atoms with Crippen molar-refractivity contribution in [2.75, 3.05) is 6.54 Å². The van der Waals surface area contributed by atoms with Gasteiger partial charge in [-0.2, -0.15) is 13.2 Å². The van der Waals surface area contributed by atoms with Crippen LogP contribution in [0.5, 0.6) is 0 Å². The molecule has 1 aromatic carbocycles. The van der Waals surface area contributed by atoms with Crippen LogP contribution in [0.4, 0.5) is 13.2 Å². The molecule has 0 aliphatic carbocycles. The Morgan fingerprint density at radius 2 is 1.76 bits per heavy atom. The standard InChI is InChI=1S/C16H18F3NS/c1-3-11-9-10-21-15(11)14(20-4-2)12-5-7-13(8-6-12)16(17,18)19/h5-10,14,20H,3-4H2,1-2H3. The van der Waals surface area contributed by atoms with E-state index in [2.05, 4.69) is 18.3 Å². The Morgan fingerprint density at radius 1 is 1.10 bits per heavy atom. The molecular weight excluding hydrogens is 295 g/mol. The number of aryl methyl sites for hydroxylation is 1. The summed E-state index contributed by atoms with van der Waals surface area (Å²) < 4.78 is 37.9. The lowest BCUT2D eigenvalue weighted by Gasteiger charge is -2.19. The van der Waals surface area contributed by atoms with Gasteiger partial charge in [0.25, 0.3) is 0 Å². The van der Waals surface area contributed by atoms with E-state index in [1.54, 1.807) is 23.5 Å². The zero-order valence-electron chi connectivity index (χ0n) is 12.0. The van der Waals surface area contributed by atoms with Crippen LogP contribution in [0.3, 0.4) is 0 Å². The third-order valence-electron chi connectivity index (χ3n) is 3.40. The number of hydrogen-bond acceptors (Lipinski definition) is 2. The Hall–Kier alpha value is -1.33. The SMILES string of the molecule is CCNC(c1ccc(C(F)(F)F)cc1)c1sccc1CC. The zero-order valence-corrected chi connectivity index (χ0v) is 12.8. The second kappa shape index (κ2) is 6.62. The van der Waals surface area contributed by atoms with Gasteiger partial charge in [0.15, 0.2) is 0 Å². The summed E-state index contributed by atoms with van der Waals surface area (Å²) in [6.07, 6.45) is -3.37. The van der Waals surface area contributed by atoms with Crippen LogP contribution in [-0.2, 0) is 12.6 Å². The number of alkyl halides is 3. The summed E-state index contributed by atoms with van der Waals surface area (Å²) in [6, 6.07) is 7.46. The maximum Gasteiger partial charge on any atom is 0.416 e. The topological polar surface area (TPSA) is 12.0 Å². The monoisotopic (exact) mass is 313 g/mol. The molecule has 0 radical (unpaired) electrons. The van der Waals surface area contributed by atoms with Gasteiger partial charge in [-0.05, 0) is 47.7 Å². The van der Waals surface area contributed by atoms with E-state index in [4.69, 9.17) is 0 Å². The average Bonchev–Trinajstić information content (AvgIpc) is 2.92. The normalized spacial score (nSPS) is 13.4. The maximum absolute atomic E-state index is 12.6. The van der Waals surface area contributed by atoms with Gasteiger partial charge in [-0.25, -0.2) is 0 Å². The van der Waals surface area contributed by atoms with Crippen molar-refractivity contribution in [3.05, 3.63) is 57.3 Å². The minimum atomic E-state index is -4.29. The summed E-state index contributed by atoms with van der Waals surface area (Å²) in [5.41, 5.74) is 1.50. The highest BCUT2D eigenvalue weighted by molar-refractivity contribution is 7.10. The first kappa shape index (κ1) is 16.0. The van der Waals surface area contributed by atoms with Crippen LogP contribution in [0, 0.1) is 0 Å². The highest BCUT2D eigenvalue weighted by Crippen LogP contribution is 2.33. The molecule has 2 aromatic rings. The van der Waals surface area contributed by atoms with Crippen molar-refractivity contribution in [1.29, 1.82) is 0 Å². The molecule has 0 saturated heterocycles. The predicted molar refractivity (Wildman–Crippen MR) is 80.7 cm³/mol. The van der Waals surface area contributed by atoms with E-state index in [1.165, 1.54) is 10.4 Å². The molecule has 1 nitrogen and oxygen atoms in total. The van der Waals surface area contributed by atoms with E-state index >= 15 is 0 Å². The first-order valence-corrected chi connectivity index (χ1v) is 7.82. The van der Waals surface area contributed by atoms with Crippen LogP contribution in [0.1, 0.15) is 41.5 Å². The van der Waals surface area contributed by atoms with E-state index in [0.29, 0.717) is 0 Å². The molecule has 0 aliphatic rings. The number of nitrogens with one attached hydrogen (secondary N) is 1. The molecular formula is C16H18F3NS. The average molecular weight is 313 g/mol. The Bertz CT molecular complexity index is 572. The van der Waals surface area contributed by atoms with Crippen LogP contribution in [0.15, 0.2) is 35.7 Å². The van der Waals surface area contributed by atoms with Crippen molar-refractivity contribution in [2.45, 2.75) is 32.5 Å². The van der Waals surface area contributed by atoms with Gasteiger partial charge in [0.05, 0.1) is 11.6 Å². The molecule has 21 heavy (non-hydrogen) atoms. The maximum atomic E-state index is 12.6. The molecule has 1 aromatic heterocycles. The lowest BCUT2D eigenvalue weighted by atomic mass is 10.00. The summed E-state index contributed by atoms with van der Waals surface area (Å²) in [7, 11) is 0. The van der Waals surface area contributed by atoms with Crippen molar-refractivity contribution >= 4 is 11.3 Å². The second-order valence-corrected chi connectivity index (χ2v) is 5.72. The molecule has 0 amide bonds. The Labute approximate surface area is 126 Å². The van der Waals surface area contributed by atoms with E-state index < -0.39 is 11.7 Å². The van der Waals surface area contributed by atoms with E-state index in [-0.39, 0.29) is 6.04 Å². The van der Waals surface area contributed by atoms with Crippen molar-refractivity contribution in [3.63, 3.8) is 0 Å². The van der Waals surface area contributed by atoms with Gasteiger partial charge in [0.2, 0.25) is 0 Å². The summed E-state index contributed by atoms with van der Waals surface area (Å²) in [6.45, 7) is 4.84. The van der Waals surface area contributed by atoms with Crippen LogP contribution in [-0.4, -0.2) is 6.54 Å². The number of benzene rings is 1. The van der Waals surface area contributed by atoms with Crippen LogP contribution in [0.2, 0.25) is 0 Å². The lowest BCUT2D eigenvalue weighted by Crippen LogP contribution is -2.22. The minimum Gasteiger partial charge on any atom is -0.306 e. The highest BCUT2D eigenvalue weighted by atomic mass is 32.1. The van der Waals surface area contributed by atoms with E-state index in [0.717, 1.165) is 30.7 Å². The smallest absolute Gasteiger partial charge is 0.306 e. The molecule has 114 valence electrons. The summed E-state index contributed by atoms with van der Waals surface area (Å²) in [5, 5.41) is 5.39. The van der Waals surface area contributed by atoms with E-state index in [1.807, 2.05) is 12.3 Å². The Kier molecular flexibility index (Phi) is 5.06. The largest absolute Gasteiger partial charge is 0.416 e. The lowest BCUT2D eigenvalue weighted by molar-refractivity contribution is -0.137. The van der Waals surface area contributed by atoms with Gasteiger partial charge in [-0.3, -0.25) is 0 Å². The Balaban J connectivity index is 2.35. The Morgan fingerprint density at radius 3 is 2.29 bits per heavy atom. The van der Waals surface area contributed by atoms with Gasteiger partial charge in [-0.15, -0.1) is 11.3 Å². The molecule has 2 rings (SSSR count). The minimum absolute atomic E-state index is 0.0489. The van der Waals surface area contributed by atoms with Crippen LogP contribution in [0.25, 0.3) is 0 Å². The highest BCUT2D eigenvalue weighted by Gasteiger charge is 2.30. The fourth-order valence-corrected chi connectivity index (χ4v) is 3.42. The zero-order chi connectivity index (χ0) is 15.5. The number of rotatable bonds is 5. The molecule has 0 bridgehead atoms. The van der Waals surface area contributed by atoms with Crippen LogP contribution < -0.4 is 5.32 Å². The fraction of sp³-hybridized carbons (Fsp3) is 0.375. The summed E-state index contributed by atoms with van der Waals surface area (Å²) in [5.74, 6) is 0. The molecule has 1 heterocycles.